The lowest BCUT2D eigenvalue weighted by molar-refractivity contribution is 0.139. The second-order valence-corrected chi connectivity index (χ2v) is 3.63. The first kappa shape index (κ1) is 12.0. The Morgan fingerprint density at radius 1 is 1.17 bits per heavy atom. The minimum absolute atomic E-state index is 0.257. The van der Waals surface area contributed by atoms with E-state index in [4.69, 9.17) is 4.74 Å². The van der Waals surface area contributed by atoms with Crippen molar-refractivity contribution >= 4 is 6.09 Å². The number of aromatic nitrogens is 2. The van der Waals surface area contributed by atoms with Crippen molar-refractivity contribution in [3.63, 3.8) is 0 Å². The quantitative estimate of drug-likeness (QED) is 0.890. The molecule has 0 fully saturated rings. The summed E-state index contributed by atoms with van der Waals surface area (Å²) in [5.74, 6) is 0. The minimum Gasteiger partial charge on any atom is -0.445 e. The average Bonchev–Trinajstić information content (AvgIpc) is 2.45. The van der Waals surface area contributed by atoms with Crippen molar-refractivity contribution < 1.29 is 9.53 Å². The second-order valence-electron chi connectivity index (χ2n) is 3.63. The van der Waals surface area contributed by atoms with Gasteiger partial charge >= 0.3 is 6.09 Å². The van der Waals surface area contributed by atoms with Crippen molar-refractivity contribution in [2.45, 2.75) is 13.2 Å². The summed E-state index contributed by atoms with van der Waals surface area (Å²) in [5, 5.41) is 10.2. The zero-order valence-corrected chi connectivity index (χ0v) is 9.74. The average molecular weight is 243 g/mol. The van der Waals surface area contributed by atoms with Crippen molar-refractivity contribution in [3.05, 3.63) is 59.9 Å². The summed E-state index contributed by atoms with van der Waals surface area (Å²) in [7, 11) is 0. The largest absolute Gasteiger partial charge is 0.445 e. The summed E-state index contributed by atoms with van der Waals surface area (Å²) in [6, 6.07) is 13.1. The summed E-state index contributed by atoms with van der Waals surface area (Å²) in [5.41, 5.74) is 1.64. The number of carbonyl (C=O) groups is 1. The molecule has 5 nitrogen and oxygen atoms in total. The first-order chi connectivity index (χ1) is 8.84. The molecule has 1 amide bonds. The van der Waals surface area contributed by atoms with E-state index in [1.54, 1.807) is 18.3 Å². The molecule has 0 aliphatic rings. The van der Waals surface area contributed by atoms with E-state index in [0.29, 0.717) is 12.2 Å². The number of ether oxygens (including phenoxy) is 1. The van der Waals surface area contributed by atoms with Crippen LogP contribution < -0.4 is 5.32 Å². The summed E-state index contributed by atoms with van der Waals surface area (Å²) in [6.45, 7) is 0.564. The van der Waals surface area contributed by atoms with Crippen LogP contribution in [0.4, 0.5) is 4.79 Å². The highest BCUT2D eigenvalue weighted by molar-refractivity contribution is 5.67. The molecule has 1 N–H and O–H groups in total. The molecule has 1 heterocycles. The number of nitrogens with zero attached hydrogens (tertiary/aromatic N) is 2. The van der Waals surface area contributed by atoms with Crippen LogP contribution >= 0.6 is 0 Å². The molecule has 0 atom stereocenters. The fourth-order valence-corrected chi connectivity index (χ4v) is 1.36. The van der Waals surface area contributed by atoms with E-state index in [-0.39, 0.29) is 6.61 Å². The predicted octanol–water partition coefficient (Wildman–Crippen LogP) is 1.90. The van der Waals surface area contributed by atoms with Crippen molar-refractivity contribution in [2.75, 3.05) is 0 Å². The van der Waals surface area contributed by atoms with Gasteiger partial charge in [-0.2, -0.15) is 10.2 Å². The fraction of sp³-hybridized carbons (Fsp3) is 0.154. The number of benzene rings is 1. The zero-order chi connectivity index (χ0) is 12.6. The molecular weight excluding hydrogens is 230 g/mol. The Morgan fingerprint density at radius 2 is 2.00 bits per heavy atom. The molecule has 2 aromatic rings. The van der Waals surface area contributed by atoms with Crippen molar-refractivity contribution in [2.24, 2.45) is 0 Å². The molecule has 0 saturated carbocycles. The van der Waals surface area contributed by atoms with Gasteiger partial charge in [0.15, 0.2) is 0 Å². The van der Waals surface area contributed by atoms with Crippen LogP contribution in [0.5, 0.6) is 0 Å². The third-order valence-electron chi connectivity index (χ3n) is 2.25. The summed E-state index contributed by atoms with van der Waals surface area (Å²) < 4.78 is 5.05. The van der Waals surface area contributed by atoms with Gasteiger partial charge < -0.3 is 10.1 Å². The minimum atomic E-state index is -0.468. The van der Waals surface area contributed by atoms with E-state index < -0.39 is 6.09 Å². The highest BCUT2D eigenvalue weighted by Gasteiger charge is 2.02. The van der Waals surface area contributed by atoms with Crippen molar-refractivity contribution in [3.8, 4) is 0 Å². The number of carbonyl (C=O) groups excluding carboxylic acids is 1. The number of rotatable bonds is 4. The lowest BCUT2D eigenvalue weighted by atomic mass is 10.2. The highest BCUT2D eigenvalue weighted by Crippen LogP contribution is 2.00. The van der Waals surface area contributed by atoms with Gasteiger partial charge in [0, 0.05) is 6.20 Å². The molecule has 0 bridgehead atoms. The zero-order valence-electron chi connectivity index (χ0n) is 9.74. The van der Waals surface area contributed by atoms with Gasteiger partial charge in [-0.3, -0.25) is 0 Å². The van der Waals surface area contributed by atoms with Crippen LogP contribution in [0.1, 0.15) is 11.3 Å². The molecule has 2 rings (SSSR count). The maximum atomic E-state index is 11.4. The van der Waals surface area contributed by atoms with E-state index in [9.17, 15) is 4.79 Å². The summed E-state index contributed by atoms with van der Waals surface area (Å²) >= 11 is 0. The van der Waals surface area contributed by atoms with Gasteiger partial charge in [-0.15, -0.1) is 0 Å². The highest BCUT2D eigenvalue weighted by atomic mass is 16.5. The van der Waals surface area contributed by atoms with E-state index >= 15 is 0 Å². The third kappa shape index (κ3) is 3.86. The number of hydrogen-bond donors (Lipinski definition) is 1. The number of hydrogen-bond acceptors (Lipinski definition) is 4. The normalized spacial score (nSPS) is 9.78. The van der Waals surface area contributed by atoms with Crippen LogP contribution in [0.25, 0.3) is 0 Å². The van der Waals surface area contributed by atoms with E-state index in [2.05, 4.69) is 15.5 Å². The van der Waals surface area contributed by atoms with Crippen LogP contribution in [0, 0.1) is 0 Å². The Kier molecular flexibility index (Phi) is 4.24. The second kappa shape index (κ2) is 6.34. The molecule has 0 aliphatic carbocycles. The van der Waals surface area contributed by atoms with Crippen molar-refractivity contribution in [1.29, 1.82) is 0 Å². The molecule has 18 heavy (non-hydrogen) atoms. The van der Waals surface area contributed by atoms with Gasteiger partial charge in [0.05, 0.1) is 12.2 Å². The molecule has 92 valence electrons. The maximum Gasteiger partial charge on any atom is 0.407 e. The molecule has 0 aliphatic heterocycles. The smallest absolute Gasteiger partial charge is 0.407 e. The molecule has 0 spiro atoms. The van der Waals surface area contributed by atoms with Gasteiger partial charge in [-0.25, -0.2) is 4.79 Å². The molecule has 0 saturated heterocycles. The Labute approximate surface area is 105 Å². The molecule has 0 radical (unpaired) electrons. The lowest BCUT2D eigenvalue weighted by Gasteiger charge is -2.06. The van der Waals surface area contributed by atoms with Crippen LogP contribution in [-0.4, -0.2) is 16.3 Å². The third-order valence-corrected chi connectivity index (χ3v) is 2.25. The Balaban J connectivity index is 1.73. The Hall–Kier alpha value is -2.43. The number of amides is 1. The molecule has 5 heteroatoms. The van der Waals surface area contributed by atoms with Gasteiger partial charge in [0.25, 0.3) is 0 Å². The van der Waals surface area contributed by atoms with Crippen molar-refractivity contribution in [1.82, 2.24) is 15.5 Å². The van der Waals surface area contributed by atoms with Gasteiger partial charge in [0.2, 0.25) is 0 Å². The molecule has 1 aromatic heterocycles. The maximum absolute atomic E-state index is 11.4. The summed E-state index contributed by atoms with van der Waals surface area (Å²) in [4.78, 5) is 11.4. The number of alkyl carbamates (subject to hydrolysis) is 1. The first-order valence-electron chi connectivity index (χ1n) is 5.56. The molecule has 1 aromatic carbocycles. The topological polar surface area (TPSA) is 64.1 Å². The molecule has 0 unspecified atom stereocenters. The Morgan fingerprint density at radius 3 is 2.72 bits per heavy atom. The summed E-state index contributed by atoms with van der Waals surface area (Å²) in [6.07, 6.45) is 1.11. The Bertz CT molecular complexity index is 443. The van der Waals surface area contributed by atoms with Crippen LogP contribution in [0.15, 0.2) is 48.7 Å². The van der Waals surface area contributed by atoms with E-state index in [1.807, 2.05) is 30.3 Å². The van der Waals surface area contributed by atoms with E-state index in [0.717, 1.165) is 5.56 Å². The van der Waals surface area contributed by atoms with Crippen LogP contribution in [0.2, 0.25) is 0 Å². The van der Waals surface area contributed by atoms with Gasteiger partial charge in [0.1, 0.15) is 6.61 Å². The van der Waals surface area contributed by atoms with E-state index in [1.165, 1.54) is 0 Å². The van der Waals surface area contributed by atoms with Crippen LogP contribution in [0.3, 0.4) is 0 Å². The SMILES string of the molecule is O=C(NCc1cccnn1)OCc1ccccc1. The number of nitrogens with one attached hydrogen (secondary N) is 1. The molecular formula is C13H13N3O2. The van der Waals surface area contributed by atoms with Gasteiger partial charge in [-0.05, 0) is 17.7 Å². The van der Waals surface area contributed by atoms with Crippen LogP contribution in [-0.2, 0) is 17.9 Å². The predicted molar refractivity (Wildman–Crippen MR) is 65.5 cm³/mol. The monoisotopic (exact) mass is 243 g/mol. The first-order valence-corrected chi connectivity index (χ1v) is 5.56. The van der Waals surface area contributed by atoms with Gasteiger partial charge in [-0.1, -0.05) is 30.3 Å². The fourth-order valence-electron chi connectivity index (χ4n) is 1.36. The lowest BCUT2D eigenvalue weighted by Crippen LogP contribution is -2.24. The standard InChI is InChI=1S/C13H13N3O2/c17-13(14-9-12-7-4-8-15-16-12)18-10-11-5-2-1-3-6-11/h1-8H,9-10H2,(H,14,17).